The average Bonchev–Trinajstić information content (AvgIpc) is 2.85. The molecule has 4 nitrogen and oxygen atoms in total. The van der Waals surface area contributed by atoms with Crippen LogP contribution in [0.1, 0.15) is 22.1 Å². The van der Waals surface area contributed by atoms with Crippen LogP contribution in [0, 0.1) is 13.8 Å². The summed E-state index contributed by atoms with van der Waals surface area (Å²) in [6, 6.07) is 6.61. The first-order chi connectivity index (χ1) is 9.83. The second-order valence-corrected chi connectivity index (χ2v) is 7.79. The number of nitrogens with one attached hydrogen (secondary N) is 1. The first kappa shape index (κ1) is 16.5. The summed E-state index contributed by atoms with van der Waals surface area (Å²) in [5.74, 6) is 0. The van der Waals surface area contributed by atoms with Crippen LogP contribution in [-0.4, -0.2) is 20.1 Å². The van der Waals surface area contributed by atoms with E-state index < -0.39 is 16.1 Å². The molecule has 0 fully saturated rings. The molecule has 0 unspecified atom stereocenters. The van der Waals surface area contributed by atoms with Crippen molar-refractivity contribution in [2.24, 2.45) is 0 Å². The Kier molecular flexibility index (Phi) is 5.06. The van der Waals surface area contributed by atoms with Crippen molar-refractivity contribution in [2.75, 3.05) is 6.54 Å². The van der Waals surface area contributed by atoms with E-state index in [1.165, 1.54) is 17.4 Å². The molecule has 1 atom stereocenters. The van der Waals surface area contributed by atoms with E-state index in [4.69, 9.17) is 11.6 Å². The van der Waals surface area contributed by atoms with Gasteiger partial charge in [0.05, 0.1) is 4.90 Å². The first-order valence-corrected chi connectivity index (χ1v) is 9.04. The predicted octanol–water partition coefficient (Wildman–Crippen LogP) is 3.03. The van der Waals surface area contributed by atoms with Gasteiger partial charge in [0.2, 0.25) is 10.0 Å². The standard InChI is InChI=1S/C14H16ClNO3S2/c1-9-6-7-20-14(9)12(17)8-16-21(18,19)13-5-3-4-11(15)10(13)2/h3-7,12,16-17H,8H2,1-2H3/t12-/m0/s1. The SMILES string of the molecule is Cc1ccsc1[C@@H](O)CNS(=O)(=O)c1cccc(Cl)c1C. The number of halogens is 1. The number of benzene rings is 1. The molecule has 0 spiro atoms. The lowest BCUT2D eigenvalue weighted by Gasteiger charge is -2.13. The number of sulfonamides is 1. The minimum Gasteiger partial charge on any atom is -0.386 e. The van der Waals surface area contributed by atoms with Crippen LogP contribution < -0.4 is 4.72 Å². The summed E-state index contributed by atoms with van der Waals surface area (Å²) in [6.07, 6.45) is -0.862. The predicted molar refractivity (Wildman–Crippen MR) is 85.4 cm³/mol. The zero-order valence-electron chi connectivity index (χ0n) is 11.6. The normalized spacial score (nSPS) is 13.3. The van der Waals surface area contributed by atoms with Gasteiger partial charge in [-0.2, -0.15) is 0 Å². The van der Waals surface area contributed by atoms with Crippen molar-refractivity contribution in [2.45, 2.75) is 24.8 Å². The molecule has 1 aromatic heterocycles. The summed E-state index contributed by atoms with van der Waals surface area (Å²) >= 11 is 7.35. The molecular weight excluding hydrogens is 330 g/mol. The molecule has 0 saturated carbocycles. The van der Waals surface area contributed by atoms with Crippen molar-refractivity contribution < 1.29 is 13.5 Å². The Morgan fingerprint density at radius 1 is 1.33 bits per heavy atom. The summed E-state index contributed by atoms with van der Waals surface area (Å²) in [5, 5.41) is 12.3. The Morgan fingerprint density at radius 2 is 2.05 bits per heavy atom. The maximum atomic E-state index is 12.3. The van der Waals surface area contributed by atoms with Crippen LogP contribution in [0.4, 0.5) is 0 Å². The quantitative estimate of drug-likeness (QED) is 0.875. The summed E-state index contributed by atoms with van der Waals surface area (Å²) in [7, 11) is -3.70. The molecule has 1 heterocycles. The minimum absolute atomic E-state index is 0.0738. The Bertz CT molecular complexity index is 740. The molecule has 1 aromatic carbocycles. The first-order valence-electron chi connectivity index (χ1n) is 6.30. The van der Waals surface area contributed by atoms with Crippen molar-refractivity contribution >= 4 is 33.0 Å². The molecule has 7 heteroatoms. The summed E-state index contributed by atoms with van der Waals surface area (Å²) in [5.41, 5.74) is 1.44. The molecule has 0 radical (unpaired) electrons. The molecule has 2 rings (SSSR count). The van der Waals surface area contributed by atoms with Crippen LogP contribution in [-0.2, 0) is 10.0 Å². The third-order valence-corrected chi connectivity index (χ3v) is 6.28. The van der Waals surface area contributed by atoms with Gasteiger partial charge in [-0.15, -0.1) is 11.3 Å². The zero-order valence-corrected chi connectivity index (χ0v) is 14.0. The molecule has 114 valence electrons. The van der Waals surface area contributed by atoms with Crippen LogP contribution in [0.25, 0.3) is 0 Å². The van der Waals surface area contributed by atoms with Gasteiger partial charge in [0.25, 0.3) is 0 Å². The van der Waals surface area contributed by atoms with E-state index in [2.05, 4.69) is 4.72 Å². The van der Waals surface area contributed by atoms with Crippen molar-refractivity contribution in [3.05, 3.63) is 50.7 Å². The van der Waals surface area contributed by atoms with Crippen LogP contribution >= 0.6 is 22.9 Å². The van der Waals surface area contributed by atoms with Crippen LogP contribution in [0.15, 0.2) is 34.5 Å². The largest absolute Gasteiger partial charge is 0.386 e. The summed E-state index contributed by atoms with van der Waals surface area (Å²) in [6.45, 7) is 3.46. The topological polar surface area (TPSA) is 66.4 Å². The smallest absolute Gasteiger partial charge is 0.240 e. The molecule has 0 saturated heterocycles. The number of hydrogen-bond acceptors (Lipinski definition) is 4. The fourth-order valence-electron chi connectivity index (χ4n) is 1.96. The van der Waals surface area contributed by atoms with E-state index in [-0.39, 0.29) is 11.4 Å². The lowest BCUT2D eigenvalue weighted by atomic mass is 10.2. The van der Waals surface area contributed by atoms with E-state index >= 15 is 0 Å². The maximum absolute atomic E-state index is 12.3. The number of thiophene rings is 1. The Morgan fingerprint density at radius 3 is 2.67 bits per heavy atom. The monoisotopic (exact) mass is 345 g/mol. The van der Waals surface area contributed by atoms with Gasteiger partial charge in [-0.05, 0) is 48.6 Å². The lowest BCUT2D eigenvalue weighted by Crippen LogP contribution is -2.29. The van der Waals surface area contributed by atoms with Gasteiger partial charge in [-0.3, -0.25) is 0 Å². The van der Waals surface area contributed by atoms with Gasteiger partial charge in [0.1, 0.15) is 6.10 Å². The van der Waals surface area contributed by atoms with Crippen molar-refractivity contribution in [1.82, 2.24) is 4.72 Å². The highest BCUT2D eigenvalue weighted by atomic mass is 35.5. The van der Waals surface area contributed by atoms with Gasteiger partial charge in [-0.25, -0.2) is 13.1 Å². The molecule has 0 aliphatic carbocycles. The van der Waals surface area contributed by atoms with Gasteiger partial charge in [-0.1, -0.05) is 17.7 Å². The van der Waals surface area contributed by atoms with Crippen LogP contribution in [0.3, 0.4) is 0 Å². The number of aliphatic hydroxyl groups is 1. The van der Waals surface area contributed by atoms with E-state index in [0.29, 0.717) is 10.6 Å². The highest BCUT2D eigenvalue weighted by Crippen LogP contribution is 2.25. The fraction of sp³-hybridized carbons (Fsp3) is 0.286. The molecule has 2 aromatic rings. The Labute approximate surface area is 133 Å². The second kappa shape index (κ2) is 6.46. The van der Waals surface area contributed by atoms with Gasteiger partial charge in [0, 0.05) is 16.4 Å². The van der Waals surface area contributed by atoms with Crippen molar-refractivity contribution in [3.8, 4) is 0 Å². The fourth-order valence-corrected chi connectivity index (χ4v) is 4.41. The Hall–Kier alpha value is -0.920. The molecule has 0 amide bonds. The van der Waals surface area contributed by atoms with E-state index in [9.17, 15) is 13.5 Å². The molecule has 21 heavy (non-hydrogen) atoms. The molecule has 0 bridgehead atoms. The van der Waals surface area contributed by atoms with Crippen molar-refractivity contribution in [3.63, 3.8) is 0 Å². The molecule has 0 aliphatic heterocycles. The Balaban J connectivity index is 2.15. The third kappa shape index (κ3) is 3.64. The van der Waals surface area contributed by atoms with Gasteiger partial charge in [0.15, 0.2) is 0 Å². The molecule has 2 N–H and O–H groups in total. The van der Waals surface area contributed by atoms with Crippen molar-refractivity contribution in [1.29, 1.82) is 0 Å². The number of rotatable bonds is 5. The third-order valence-electron chi connectivity index (χ3n) is 3.18. The van der Waals surface area contributed by atoms with Gasteiger partial charge >= 0.3 is 0 Å². The minimum atomic E-state index is -3.70. The number of aliphatic hydroxyl groups excluding tert-OH is 1. The highest BCUT2D eigenvalue weighted by Gasteiger charge is 2.20. The second-order valence-electron chi connectivity index (χ2n) is 4.70. The zero-order chi connectivity index (χ0) is 15.6. The van der Waals surface area contributed by atoms with E-state index in [1.807, 2.05) is 18.4 Å². The maximum Gasteiger partial charge on any atom is 0.240 e. The number of aryl methyl sites for hydroxylation is 1. The summed E-state index contributed by atoms with van der Waals surface area (Å²) < 4.78 is 27.0. The molecular formula is C14H16ClNO3S2. The summed E-state index contributed by atoms with van der Waals surface area (Å²) in [4.78, 5) is 0.894. The van der Waals surface area contributed by atoms with E-state index in [1.54, 1.807) is 19.1 Å². The lowest BCUT2D eigenvalue weighted by molar-refractivity contribution is 0.185. The average molecular weight is 346 g/mol. The van der Waals surface area contributed by atoms with Crippen LogP contribution in [0.5, 0.6) is 0 Å². The molecule has 0 aliphatic rings. The van der Waals surface area contributed by atoms with Crippen LogP contribution in [0.2, 0.25) is 5.02 Å². The van der Waals surface area contributed by atoms with Gasteiger partial charge < -0.3 is 5.11 Å². The number of hydrogen-bond donors (Lipinski definition) is 2. The van der Waals surface area contributed by atoms with E-state index in [0.717, 1.165) is 10.4 Å². The highest BCUT2D eigenvalue weighted by molar-refractivity contribution is 7.89.